The summed E-state index contributed by atoms with van der Waals surface area (Å²) in [6.45, 7) is 11.6. The molecule has 0 radical (unpaired) electrons. The third kappa shape index (κ3) is 5.41. The predicted octanol–water partition coefficient (Wildman–Crippen LogP) is 4.42. The summed E-state index contributed by atoms with van der Waals surface area (Å²) in [7, 11) is 1.73. The van der Waals surface area contributed by atoms with E-state index in [-0.39, 0.29) is 42.1 Å². The molecular formula is C27H37N3O4. The number of nitrogens with zero attached hydrogens (tertiary/aromatic N) is 3. The van der Waals surface area contributed by atoms with Gasteiger partial charge in [0, 0.05) is 24.4 Å². The third-order valence-corrected chi connectivity index (χ3v) is 6.28. The summed E-state index contributed by atoms with van der Waals surface area (Å²) in [5, 5.41) is 9.91. The van der Waals surface area contributed by atoms with Crippen molar-refractivity contribution >= 4 is 17.0 Å². The fourth-order valence-electron chi connectivity index (χ4n) is 4.40. The monoisotopic (exact) mass is 467 g/mol. The van der Waals surface area contributed by atoms with E-state index in [1.807, 2.05) is 37.5 Å². The van der Waals surface area contributed by atoms with Crippen LogP contribution in [0.5, 0.6) is 0 Å². The lowest BCUT2D eigenvalue weighted by molar-refractivity contribution is -0.154. The number of ether oxygens (including phenoxy) is 1. The number of fused-ring (bicyclic) bond motifs is 1. The second-order valence-electron chi connectivity index (χ2n) is 9.86. The van der Waals surface area contributed by atoms with Gasteiger partial charge < -0.3 is 19.0 Å². The smallest absolute Gasteiger partial charge is 0.309 e. The van der Waals surface area contributed by atoms with E-state index in [1.165, 1.54) is 0 Å². The third-order valence-electron chi connectivity index (χ3n) is 6.28. The first-order chi connectivity index (χ1) is 16.0. The minimum absolute atomic E-state index is 0.0288. The molecule has 184 valence electrons. The summed E-state index contributed by atoms with van der Waals surface area (Å²) in [6.07, 6.45) is 3.10. The lowest BCUT2D eigenvalue weighted by Gasteiger charge is -2.21. The quantitative estimate of drug-likeness (QED) is 0.471. The van der Waals surface area contributed by atoms with E-state index in [0.717, 1.165) is 28.6 Å². The fourth-order valence-corrected chi connectivity index (χ4v) is 4.40. The molecule has 3 aromatic rings. The number of aliphatic hydroxyl groups excluding tert-OH is 1. The molecule has 0 aliphatic carbocycles. The maximum Gasteiger partial charge on any atom is 0.309 e. The van der Waals surface area contributed by atoms with Crippen LogP contribution in [0.4, 0.5) is 0 Å². The molecule has 2 heterocycles. The molecule has 0 aliphatic rings. The minimum atomic E-state index is -0.181. The number of aliphatic hydroxyl groups is 1. The minimum Gasteiger partial charge on any atom is -0.463 e. The van der Waals surface area contributed by atoms with E-state index in [4.69, 9.17) is 9.72 Å². The predicted molar refractivity (Wildman–Crippen MR) is 135 cm³/mol. The van der Waals surface area contributed by atoms with Crippen molar-refractivity contribution in [1.82, 2.24) is 14.1 Å². The van der Waals surface area contributed by atoms with Gasteiger partial charge in [0.25, 0.3) is 5.56 Å². The largest absolute Gasteiger partial charge is 0.463 e. The number of benzene rings is 1. The summed E-state index contributed by atoms with van der Waals surface area (Å²) >= 11 is 0. The highest BCUT2D eigenvalue weighted by Gasteiger charge is 2.25. The highest BCUT2D eigenvalue weighted by Crippen LogP contribution is 2.30. The molecule has 0 bridgehead atoms. The van der Waals surface area contributed by atoms with Crippen LogP contribution >= 0.6 is 0 Å². The van der Waals surface area contributed by atoms with Crippen LogP contribution in [0.25, 0.3) is 22.4 Å². The molecule has 3 rings (SSSR count). The van der Waals surface area contributed by atoms with Crippen LogP contribution in [0.1, 0.15) is 58.2 Å². The number of pyridine rings is 1. The van der Waals surface area contributed by atoms with Gasteiger partial charge in [-0.1, -0.05) is 19.9 Å². The zero-order chi connectivity index (χ0) is 25.2. The van der Waals surface area contributed by atoms with Gasteiger partial charge in [-0.3, -0.25) is 9.59 Å². The van der Waals surface area contributed by atoms with Gasteiger partial charge in [0.05, 0.1) is 35.7 Å². The van der Waals surface area contributed by atoms with E-state index in [1.54, 1.807) is 24.7 Å². The van der Waals surface area contributed by atoms with Crippen LogP contribution in [0.2, 0.25) is 0 Å². The van der Waals surface area contributed by atoms with Gasteiger partial charge in [-0.05, 0) is 70.2 Å². The van der Waals surface area contributed by atoms with E-state index < -0.39 is 0 Å². The molecule has 1 N–H and O–H groups in total. The molecule has 1 aromatic carbocycles. The summed E-state index contributed by atoms with van der Waals surface area (Å²) in [5.41, 5.74) is 4.27. The van der Waals surface area contributed by atoms with Gasteiger partial charge in [0.15, 0.2) is 0 Å². The van der Waals surface area contributed by atoms with Crippen LogP contribution in [0.3, 0.4) is 0 Å². The second kappa shape index (κ2) is 10.6. The number of hydrogen-bond donors (Lipinski definition) is 1. The first kappa shape index (κ1) is 25.7. The van der Waals surface area contributed by atoms with Gasteiger partial charge in [0.2, 0.25) is 0 Å². The van der Waals surface area contributed by atoms with Crippen LogP contribution in [0.15, 0.2) is 35.3 Å². The zero-order valence-corrected chi connectivity index (χ0v) is 21.3. The maximum atomic E-state index is 12.5. The van der Waals surface area contributed by atoms with E-state index >= 15 is 0 Å². The Morgan fingerprint density at radius 2 is 1.85 bits per heavy atom. The molecule has 0 spiro atoms. The number of aromatic nitrogens is 3. The standard InChI is InChI=1S/C27H37N3O4/c1-16(2)22(27(33)34-17(3)4)10-8-20-9-11-24-23(13-20)28-25(30(24)19(6)15-31)21-12-18(5)26(32)29(7)14-21/h9,11-14,16-17,19,22,31H,8,10,15H2,1-7H3/t19-,22-/m0/s1. The van der Waals surface area contributed by atoms with E-state index in [0.29, 0.717) is 17.8 Å². The normalized spacial score (nSPS) is 13.6. The highest BCUT2D eigenvalue weighted by molar-refractivity contribution is 5.81. The van der Waals surface area contributed by atoms with Gasteiger partial charge >= 0.3 is 5.97 Å². The summed E-state index contributed by atoms with van der Waals surface area (Å²) < 4.78 is 9.05. The van der Waals surface area contributed by atoms with Crippen molar-refractivity contribution in [2.45, 2.75) is 66.5 Å². The number of aryl methyl sites for hydroxylation is 3. The van der Waals surface area contributed by atoms with Crippen molar-refractivity contribution in [3.05, 3.63) is 51.9 Å². The molecule has 0 amide bonds. The Balaban J connectivity index is 1.98. The number of esters is 1. The van der Waals surface area contributed by atoms with Crippen molar-refractivity contribution in [2.24, 2.45) is 18.9 Å². The lowest BCUT2D eigenvalue weighted by atomic mass is 9.89. The molecule has 0 fully saturated rings. The Kier molecular flexibility index (Phi) is 7.97. The Labute approximate surface area is 201 Å². The lowest BCUT2D eigenvalue weighted by Crippen LogP contribution is -2.25. The topological polar surface area (TPSA) is 86.3 Å². The first-order valence-electron chi connectivity index (χ1n) is 12.0. The Morgan fingerprint density at radius 3 is 2.44 bits per heavy atom. The number of imidazole rings is 1. The van der Waals surface area contributed by atoms with Crippen molar-refractivity contribution in [2.75, 3.05) is 6.61 Å². The molecule has 7 nitrogen and oxygen atoms in total. The van der Waals surface area contributed by atoms with Gasteiger partial charge in [0.1, 0.15) is 5.82 Å². The molecule has 0 aliphatic heterocycles. The second-order valence-corrected chi connectivity index (χ2v) is 9.86. The van der Waals surface area contributed by atoms with Crippen LogP contribution in [-0.4, -0.2) is 37.9 Å². The Bertz CT molecular complexity index is 1200. The van der Waals surface area contributed by atoms with Gasteiger partial charge in [-0.2, -0.15) is 0 Å². The first-order valence-corrected chi connectivity index (χ1v) is 12.0. The van der Waals surface area contributed by atoms with Crippen LogP contribution in [0, 0.1) is 18.8 Å². The molecule has 2 aromatic heterocycles. The number of rotatable bonds is 9. The van der Waals surface area contributed by atoms with Crippen molar-refractivity contribution < 1.29 is 14.6 Å². The number of hydrogen-bond acceptors (Lipinski definition) is 5. The summed E-state index contributed by atoms with van der Waals surface area (Å²) in [6, 6.07) is 7.81. The molecule has 34 heavy (non-hydrogen) atoms. The summed E-state index contributed by atoms with van der Waals surface area (Å²) in [5.74, 6) is 0.612. The zero-order valence-electron chi connectivity index (χ0n) is 21.3. The highest BCUT2D eigenvalue weighted by atomic mass is 16.5. The van der Waals surface area contributed by atoms with Gasteiger partial charge in [-0.15, -0.1) is 0 Å². The molecule has 0 saturated heterocycles. The molecule has 2 atom stereocenters. The maximum absolute atomic E-state index is 12.5. The van der Waals surface area contributed by atoms with Gasteiger partial charge in [-0.25, -0.2) is 4.98 Å². The molecule has 7 heteroatoms. The number of carbonyl (C=O) groups excluding carboxylic acids is 1. The van der Waals surface area contributed by atoms with Crippen LogP contribution in [-0.2, 0) is 23.0 Å². The fraction of sp³-hybridized carbons (Fsp3) is 0.519. The van der Waals surface area contributed by atoms with E-state index in [9.17, 15) is 14.7 Å². The average Bonchev–Trinajstić information content (AvgIpc) is 3.14. The Morgan fingerprint density at radius 1 is 1.15 bits per heavy atom. The molecule has 0 unspecified atom stereocenters. The van der Waals surface area contributed by atoms with Crippen molar-refractivity contribution in [3.63, 3.8) is 0 Å². The van der Waals surface area contributed by atoms with Crippen molar-refractivity contribution in [1.29, 1.82) is 0 Å². The molecular weight excluding hydrogens is 430 g/mol. The molecule has 0 saturated carbocycles. The van der Waals surface area contributed by atoms with E-state index in [2.05, 4.69) is 26.0 Å². The average molecular weight is 468 g/mol. The number of carbonyl (C=O) groups is 1. The van der Waals surface area contributed by atoms with Crippen LogP contribution < -0.4 is 5.56 Å². The summed E-state index contributed by atoms with van der Waals surface area (Å²) in [4.78, 5) is 29.6. The van der Waals surface area contributed by atoms with Crippen molar-refractivity contribution in [3.8, 4) is 11.4 Å². The SMILES string of the molecule is Cc1cc(-c2nc3cc(CC[C@H](C(=O)OC(C)C)C(C)C)ccc3n2[C@@H](C)CO)cn(C)c1=O. The Hall–Kier alpha value is -2.93.